The van der Waals surface area contributed by atoms with Crippen LogP contribution in [0.3, 0.4) is 0 Å². The lowest BCUT2D eigenvalue weighted by Crippen LogP contribution is -2.49. The molecular weight excluding hydrogens is 793 g/mol. The van der Waals surface area contributed by atoms with E-state index in [1.807, 2.05) is 20.0 Å². The molecule has 3 heterocycles. The summed E-state index contributed by atoms with van der Waals surface area (Å²) in [7, 11) is 3.21. The smallest absolute Gasteiger partial charge is 0.359 e. The van der Waals surface area contributed by atoms with Gasteiger partial charge in [0, 0.05) is 48.8 Å². The van der Waals surface area contributed by atoms with E-state index in [2.05, 4.69) is 20.6 Å². The van der Waals surface area contributed by atoms with Gasteiger partial charge in [0.05, 0.1) is 50.3 Å². The number of quaternary nitrogens is 1. The zero-order chi connectivity index (χ0) is 44.1. The van der Waals surface area contributed by atoms with Gasteiger partial charge in [0.25, 0.3) is 17.7 Å². The maximum absolute atomic E-state index is 14.9. The summed E-state index contributed by atoms with van der Waals surface area (Å²) in [5, 5.41) is 24.1. The molecule has 2 aromatic heterocycles. The Hall–Kier alpha value is -6.75. The van der Waals surface area contributed by atoms with Crippen molar-refractivity contribution in [1.82, 2.24) is 24.6 Å². The van der Waals surface area contributed by atoms with Gasteiger partial charge in [-0.05, 0) is 93.0 Å². The highest BCUT2D eigenvalue weighted by atomic mass is 19.2. The number of halogens is 2. The van der Waals surface area contributed by atoms with Crippen LogP contribution >= 0.6 is 0 Å². The number of hydrogen-bond donors (Lipinski definition) is 3. The average molecular weight is 842 g/mol. The van der Waals surface area contributed by atoms with Gasteiger partial charge in [-0.1, -0.05) is 19.1 Å². The van der Waals surface area contributed by atoms with Gasteiger partial charge >= 0.3 is 5.97 Å². The first-order valence-electron chi connectivity index (χ1n) is 19.9. The Morgan fingerprint density at radius 2 is 1.59 bits per heavy atom. The SMILES string of the molecule is CCc1cc(Nc2nccn3c(-c4ccc(OC)c(F)c4F)cnc23)ccc1C(=O)NCCCCC[N+](C)(CCCCCN1C(=O)c2ccccc2C1=O)CC(=O)O.O=C[O-]. The molecule has 0 fully saturated rings. The fourth-order valence-electron chi connectivity index (χ4n) is 7.49. The number of rotatable bonds is 20. The molecule has 15 nitrogen and oxygen atoms in total. The maximum atomic E-state index is 14.9. The number of anilines is 2. The Kier molecular flexibility index (Phi) is 15.6. The largest absolute Gasteiger partial charge is 0.554 e. The number of fused-ring (bicyclic) bond motifs is 2. The summed E-state index contributed by atoms with van der Waals surface area (Å²) >= 11 is 0. The molecule has 0 spiro atoms. The molecule has 322 valence electrons. The van der Waals surface area contributed by atoms with Crippen molar-refractivity contribution in [2.24, 2.45) is 0 Å². The number of aliphatic carboxylic acids is 1. The fourth-order valence-corrected chi connectivity index (χ4v) is 7.49. The number of amides is 3. The zero-order valence-electron chi connectivity index (χ0n) is 34.3. The van der Waals surface area contributed by atoms with Crippen LogP contribution in [0.15, 0.2) is 73.2 Å². The Morgan fingerprint density at radius 1 is 0.918 bits per heavy atom. The fraction of sp³-hybridized carbons (Fsp3) is 0.341. The number of nitrogens with zero attached hydrogens (tertiary/aromatic N) is 5. The lowest BCUT2D eigenvalue weighted by atomic mass is 10.0. The molecule has 3 aromatic carbocycles. The molecule has 3 N–H and O–H groups in total. The standard InChI is InChI=1S/C43H47F2N7O6.CH2O2/c1-4-28-25-29(49-39-40-48-26-34(50(40)22-20-46-39)33-17-18-35(58-3)38(45)37(33)44)15-16-30(28)41(55)47-19-9-5-11-23-52(2,27-36(53)54)24-12-6-10-21-51-42(56)31-13-7-8-14-32(31)43(51)57;2-1-3/h7-8,13-18,20,22,25-26H,4-6,9-12,19,21,23-24,27H2,1-3H3,(H2-,46,47,49,53,54,55);1H,(H,2,3). The Bertz CT molecular complexity index is 2350. The van der Waals surface area contributed by atoms with Gasteiger partial charge in [-0.3, -0.25) is 23.7 Å². The molecular formula is C44H49F2N7O8. The summed E-state index contributed by atoms with van der Waals surface area (Å²) in [6.07, 6.45) is 9.68. The molecule has 5 aromatic rings. The molecule has 1 aliphatic rings. The molecule has 1 atom stereocenters. The third kappa shape index (κ3) is 10.9. The number of ether oxygens (including phenoxy) is 1. The van der Waals surface area contributed by atoms with Crippen molar-refractivity contribution < 1.29 is 52.2 Å². The van der Waals surface area contributed by atoms with Crippen LogP contribution in [-0.4, -0.2) is 106 Å². The van der Waals surface area contributed by atoms with E-state index in [4.69, 9.17) is 14.6 Å². The number of hydrogen-bond acceptors (Lipinski definition) is 10. The number of imidazole rings is 1. The number of nitrogens with one attached hydrogen (secondary N) is 2. The predicted molar refractivity (Wildman–Crippen MR) is 220 cm³/mol. The molecule has 1 unspecified atom stereocenters. The number of likely N-dealkylation sites (N-methyl/N-ethyl adjacent to an activating group) is 1. The number of imide groups is 1. The van der Waals surface area contributed by atoms with Crippen molar-refractivity contribution in [2.45, 2.75) is 51.9 Å². The second-order valence-corrected chi connectivity index (χ2v) is 14.8. The van der Waals surface area contributed by atoms with Crippen molar-refractivity contribution in [3.63, 3.8) is 0 Å². The third-order valence-corrected chi connectivity index (χ3v) is 10.6. The highest BCUT2D eigenvalue weighted by molar-refractivity contribution is 6.21. The summed E-state index contributed by atoms with van der Waals surface area (Å²) in [5.41, 5.74) is 3.67. The average Bonchev–Trinajstić information content (AvgIpc) is 3.78. The lowest BCUT2D eigenvalue weighted by molar-refractivity contribution is -0.903. The number of carbonyl (C=O) groups excluding carboxylic acids is 4. The molecule has 0 saturated heterocycles. The number of carboxylic acid groups (broad SMARTS) is 2. The maximum Gasteiger partial charge on any atom is 0.359 e. The van der Waals surface area contributed by atoms with Gasteiger partial charge in [-0.2, -0.15) is 4.39 Å². The van der Waals surface area contributed by atoms with E-state index < -0.39 is 24.1 Å². The van der Waals surface area contributed by atoms with E-state index in [-0.39, 0.29) is 35.6 Å². The normalized spacial score (nSPS) is 13.0. The number of carbonyl (C=O) groups is 5. The Labute approximate surface area is 351 Å². The molecule has 0 radical (unpaired) electrons. The minimum atomic E-state index is -1.09. The first-order valence-corrected chi connectivity index (χ1v) is 19.9. The van der Waals surface area contributed by atoms with Gasteiger partial charge < -0.3 is 34.9 Å². The molecule has 3 amide bonds. The molecule has 6 rings (SSSR count). The number of unbranched alkanes of at least 4 members (excludes halogenated alkanes) is 4. The van der Waals surface area contributed by atoms with Crippen LogP contribution in [0.1, 0.15) is 82.1 Å². The van der Waals surface area contributed by atoms with Crippen molar-refractivity contribution in [1.29, 1.82) is 0 Å². The van der Waals surface area contributed by atoms with Crippen LogP contribution in [-0.2, 0) is 16.0 Å². The van der Waals surface area contributed by atoms with Crippen molar-refractivity contribution in [3.05, 3.63) is 107 Å². The Balaban J connectivity index is 0.00000228. The summed E-state index contributed by atoms with van der Waals surface area (Å²) in [4.78, 5) is 68.6. The van der Waals surface area contributed by atoms with Gasteiger partial charge in [-0.15, -0.1) is 0 Å². The minimum absolute atomic E-state index is 0.000958. The third-order valence-electron chi connectivity index (χ3n) is 10.6. The lowest BCUT2D eigenvalue weighted by Gasteiger charge is -2.33. The number of methoxy groups -OCH3 is 1. The number of aryl methyl sites for hydroxylation is 1. The van der Waals surface area contributed by atoms with E-state index in [1.54, 1.807) is 47.0 Å². The zero-order valence-corrected chi connectivity index (χ0v) is 34.3. The van der Waals surface area contributed by atoms with Crippen LogP contribution < -0.4 is 20.5 Å². The molecule has 0 saturated carbocycles. The van der Waals surface area contributed by atoms with Gasteiger partial charge in [0.1, 0.15) is 0 Å². The summed E-state index contributed by atoms with van der Waals surface area (Å²) in [6.45, 7) is 3.60. The van der Waals surface area contributed by atoms with E-state index >= 15 is 0 Å². The molecule has 1 aliphatic heterocycles. The molecule has 17 heteroatoms. The van der Waals surface area contributed by atoms with E-state index in [9.17, 15) is 33.1 Å². The van der Waals surface area contributed by atoms with Gasteiger partial charge in [0.15, 0.2) is 29.6 Å². The van der Waals surface area contributed by atoms with Gasteiger partial charge in [0.2, 0.25) is 5.82 Å². The second-order valence-electron chi connectivity index (χ2n) is 14.8. The topological polar surface area (TPSA) is 195 Å². The minimum Gasteiger partial charge on any atom is -0.554 e. The van der Waals surface area contributed by atoms with Crippen molar-refractivity contribution in [2.75, 3.05) is 52.2 Å². The van der Waals surface area contributed by atoms with Crippen LogP contribution in [0.5, 0.6) is 5.75 Å². The van der Waals surface area contributed by atoms with E-state index in [0.29, 0.717) is 83.0 Å². The van der Waals surface area contributed by atoms with Crippen molar-refractivity contribution in [3.8, 4) is 17.0 Å². The number of carboxylic acids is 1. The van der Waals surface area contributed by atoms with Crippen LogP contribution in [0.25, 0.3) is 16.9 Å². The van der Waals surface area contributed by atoms with Crippen LogP contribution in [0.2, 0.25) is 0 Å². The first kappa shape index (κ1) is 45.3. The monoisotopic (exact) mass is 841 g/mol. The first-order chi connectivity index (χ1) is 29.4. The summed E-state index contributed by atoms with van der Waals surface area (Å²) < 4.78 is 36.3. The predicted octanol–water partition coefficient (Wildman–Crippen LogP) is 5.25. The Morgan fingerprint density at radius 3 is 2.23 bits per heavy atom. The molecule has 61 heavy (non-hydrogen) atoms. The van der Waals surface area contributed by atoms with E-state index in [0.717, 1.165) is 37.7 Å². The highest BCUT2D eigenvalue weighted by Crippen LogP contribution is 2.32. The summed E-state index contributed by atoms with van der Waals surface area (Å²) in [5.74, 6) is -3.52. The highest BCUT2D eigenvalue weighted by Gasteiger charge is 2.34. The molecule has 0 aliphatic carbocycles. The molecule has 0 bridgehead atoms. The quantitative estimate of drug-likeness (QED) is 0.0401. The van der Waals surface area contributed by atoms with E-state index in [1.165, 1.54) is 36.5 Å². The number of benzene rings is 3. The van der Waals surface area contributed by atoms with Crippen molar-refractivity contribution >= 4 is 47.3 Å². The van der Waals surface area contributed by atoms with Gasteiger partial charge in [-0.25, -0.2) is 19.2 Å². The second kappa shape index (κ2) is 21.0. The summed E-state index contributed by atoms with van der Waals surface area (Å²) in [6, 6.07) is 15.0. The van der Waals surface area contributed by atoms with Crippen LogP contribution in [0, 0.1) is 11.6 Å². The number of aromatic nitrogens is 3. The van der Waals surface area contributed by atoms with Crippen LogP contribution in [0.4, 0.5) is 20.3 Å².